The molecule has 40 heavy (non-hydrogen) atoms. The summed E-state index contributed by atoms with van der Waals surface area (Å²) in [6.07, 6.45) is 8.19. The first-order chi connectivity index (χ1) is 19.2. The molecular weight excluding hydrogens is 502 g/mol. The molecule has 2 saturated carbocycles. The third-order valence-corrected chi connectivity index (χ3v) is 9.42. The number of carbonyl (C=O) groups excluding carboxylic acids is 2. The quantitative estimate of drug-likeness (QED) is 0.411. The number of nitrogens with one attached hydrogen (secondary N) is 1. The third-order valence-electron chi connectivity index (χ3n) is 9.42. The topological polar surface area (TPSA) is 110 Å². The molecule has 2 aromatic carbocycles. The van der Waals surface area contributed by atoms with Crippen molar-refractivity contribution in [2.75, 3.05) is 12.4 Å². The number of fused-ring (bicyclic) bond motifs is 2. The first kappa shape index (κ1) is 26.3. The van der Waals surface area contributed by atoms with Gasteiger partial charge in [-0.2, -0.15) is 0 Å². The molecule has 6 rings (SSSR count). The highest BCUT2D eigenvalue weighted by Crippen LogP contribution is 2.53. The molecule has 8 nitrogen and oxygen atoms in total. The molecule has 2 aliphatic carbocycles. The Bertz CT molecular complexity index is 1500. The van der Waals surface area contributed by atoms with Gasteiger partial charge in [0.05, 0.1) is 23.8 Å². The SMILES string of the molecule is COc1ccc(CN2C(=O)c3c(C)cc(Nc4ncnc(C5(C(N)=O)CC5)c4C)c(C)c3C23CCCCC3)cc1. The fourth-order valence-electron chi connectivity index (χ4n) is 7.07. The Morgan fingerprint density at radius 1 is 1.02 bits per heavy atom. The van der Waals surface area contributed by atoms with Crippen molar-refractivity contribution in [2.24, 2.45) is 5.73 Å². The summed E-state index contributed by atoms with van der Waals surface area (Å²) in [5, 5.41) is 3.56. The second-order valence-electron chi connectivity index (χ2n) is 11.7. The molecule has 2 fully saturated rings. The zero-order chi connectivity index (χ0) is 28.2. The largest absolute Gasteiger partial charge is 0.497 e. The molecular formula is C32H37N5O3. The first-order valence-electron chi connectivity index (χ1n) is 14.2. The summed E-state index contributed by atoms with van der Waals surface area (Å²) in [6.45, 7) is 6.64. The van der Waals surface area contributed by atoms with Crippen molar-refractivity contribution in [2.45, 2.75) is 83.2 Å². The van der Waals surface area contributed by atoms with Crippen LogP contribution in [0.4, 0.5) is 11.5 Å². The van der Waals surface area contributed by atoms with Gasteiger partial charge in [0.25, 0.3) is 5.91 Å². The van der Waals surface area contributed by atoms with E-state index < -0.39 is 5.41 Å². The number of methoxy groups -OCH3 is 1. The van der Waals surface area contributed by atoms with Crippen LogP contribution in [0.25, 0.3) is 0 Å². The number of rotatable bonds is 7. The number of hydrogen-bond acceptors (Lipinski definition) is 6. The number of amides is 2. The molecule has 0 saturated heterocycles. The summed E-state index contributed by atoms with van der Waals surface area (Å²) in [6, 6.07) is 10.1. The number of primary amides is 1. The minimum absolute atomic E-state index is 0.109. The fraction of sp³-hybridized carbons (Fsp3) is 0.438. The Morgan fingerprint density at radius 3 is 2.35 bits per heavy atom. The minimum Gasteiger partial charge on any atom is -0.497 e. The van der Waals surface area contributed by atoms with Gasteiger partial charge in [0.15, 0.2) is 0 Å². The lowest BCUT2D eigenvalue weighted by atomic mass is 9.74. The van der Waals surface area contributed by atoms with Crippen LogP contribution in [0, 0.1) is 20.8 Å². The number of aromatic nitrogens is 2. The summed E-state index contributed by atoms with van der Waals surface area (Å²) in [4.78, 5) is 37.5. The van der Waals surface area contributed by atoms with E-state index in [1.165, 1.54) is 12.7 Å². The lowest BCUT2D eigenvalue weighted by molar-refractivity contribution is -0.120. The van der Waals surface area contributed by atoms with Crippen LogP contribution < -0.4 is 15.8 Å². The lowest BCUT2D eigenvalue weighted by Crippen LogP contribution is -2.45. The van der Waals surface area contributed by atoms with Gasteiger partial charge < -0.3 is 20.7 Å². The minimum atomic E-state index is -0.688. The van der Waals surface area contributed by atoms with Crippen LogP contribution in [0.2, 0.25) is 0 Å². The predicted molar refractivity (Wildman–Crippen MR) is 154 cm³/mol. The average molecular weight is 540 g/mol. The Hall–Kier alpha value is -3.94. The highest BCUT2D eigenvalue weighted by atomic mass is 16.5. The van der Waals surface area contributed by atoms with Gasteiger partial charge in [-0.3, -0.25) is 9.59 Å². The van der Waals surface area contributed by atoms with Gasteiger partial charge in [-0.25, -0.2) is 9.97 Å². The summed E-state index contributed by atoms with van der Waals surface area (Å²) in [5.74, 6) is 1.25. The number of ether oxygens (including phenoxy) is 1. The molecule has 0 bridgehead atoms. The van der Waals surface area contributed by atoms with E-state index in [0.29, 0.717) is 30.9 Å². The van der Waals surface area contributed by atoms with Gasteiger partial charge in [0, 0.05) is 23.4 Å². The average Bonchev–Trinajstić information content (AvgIpc) is 3.73. The molecule has 1 spiro atoms. The van der Waals surface area contributed by atoms with Crippen LogP contribution in [0.3, 0.4) is 0 Å². The number of nitrogens with two attached hydrogens (primary N) is 1. The van der Waals surface area contributed by atoms with Gasteiger partial charge in [-0.15, -0.1) is 0 Å². The fourth-order valence-corrected chi connectivity index (χ4v) is 7.07. The number of benzene rings is 2. The first-order valence-corrected chi connectivity index (χ1v) is 14.2. The van der Waals surface area contributed by atoms with Crippen LogP contribution in [0.1, 0.15) is 88.8 Å². The molecule has 3 aromatic rings. The number of nitrogens with zero attached hydrogens (tertiary/aromatic N) is 3. The van der Waals surface area contributed by atoms with Gasteiger partial charge in [-0.05, 0) is 86.9 Å². The summed E-state index contributed by atoms with van der Waals surface area (Å²) in [5.41, 5.74) is 12.3. The molecule has 1 aromatic heterocycles. The molecule has 2 amide bonds. The highest BCUT2D eigenvalue weighted by Gasteiger charge is 2.53. The Morgan fingerprint density at radius 2 is 1.73 bits per heavy atom. The predicted octanol–water partition coefficient (Wildman–Crippen LogP) is 5.49. The second kappa shape index (κ2) is 9.61. The number of aryl methyl sites for hydroxylation is 1. The van der Waals surface area contributed by atoms with E-state index in [1.54, 1.807) is 7.11 Å². The summed E-state index contributed by atoms with van der Waals surface area (Å²) < 4.78 is 5.34. The van der Waals surface area contributed by atoms with E-state index in [1.807, 2.05) is 38.1 Å². The molecule has 1 aliphatic heterocycles. The van der Waals surface area contributed by atoms with Crippen LogP contribution >= 0.6 is 0 Å². The monoisotopic (exact) mass is 539 g/mol. The van der Waals surface area contributed by atoms with E-state index in [4.69, 9.17) is 10.5 Å². The van der Waals surface area contributed by atoms with Crippen LogP contribution in [-0.2, 0) is 22.3 Å². The van der Waals surface area contributed by atoms with Gasteiger partial charge in [0.1, 0.15) is 17.9 Å². The van der Waals surface area contributed by atoms with E-state index in [-0.39, 0.29) is 17.4 Å². The molecule has 0 unspecified atom stereocenters. The number of carbonyl (C=O) groups is 2. The van der Waals surface area contributed by atoms with Crippen molar-refractivity contribution < 1.29 is 14.3 Å². The third kappa shape index (κ3) is 3.95. The zero-order valence-corrected chi connectivity index (χ0v) is 23.8. The maximum Gasteiger partial charge on any atom is 0.255 e. The molecule has 2 heterocycles. The summed E-state index contributed by atoms with van der Waals surface area (Å²) >= 11 is 0. The van der Waals surface area contributed by atoms with Crippen molar-refractivity contribution in [1.29, 1.82) is 0 Å². The Kier molecular flexibility index (Phi) is 6.32. The maximum atomic E-state index is 14.1. The molecule has 0 atom stereocenters. The van der Waals surface area contributed by atoms with Crippen molar-refractivity contribution in [3.8, 4) is 5.75 Å². The molecule has 208 valence electrons. The van der Waals surface area contributed by atoms with Crippen molar-refractivity contribution in [3.63, 3.8) is 0 Å². The lowest BCUT2D eigenvalue weighted by Gasteiger charge is -2.43. The van der Waals surface area contributed by atoms with Gasteiger partial charge in [0.2, 0.25) is 5.91 Å². The van der Waals surface area contributed by atoms with E-state index in [9.17, 15) is 9.59 Å². The number of hydrogen-bond donors (Lipinski definition) is 2. The van der Waals surface area contributed by atoms with Crippen LogP contribution in [-0.4, -0.2) is 33.8 Å². The van der Waals surface area contributed by atoms with E-state index in [0.717, 1.165) is 70.5 Å². The standard InChI is InChI=1S/C32H37N5O3/c1-19-16-24(36-28-21(3)27(34-18-35-28)31(14-15-31)30(33)39)20(2)26-25(19)29(38)37(32(26)12-6-5-7-13-32)17-22-8-10-23(40-4)11-9-22/h8-11,16,18H,5-7,12-15,17H2,1-4H3,(H2,33,39)(H,34,35,36). The zero-order valence-electron chi connectivity index (χ0n) is 23.8. The van der Waals surface area contributed by atoms with Crippen LogP contribution in [0.15, 0.2) is 36.7 Å². The highest BCUT2D eigenvalue weighted by molar-refractivity contribution is 6.03. The molecule has 0 radical (unpaired) electrons. The van der Waals surface area contributed by atoms with Gasteiger partial charge >= 0.3 is 0 Å². The summed E-state index contributed by atoms with van der Waals surface area (Å²) in [7, 11) is 1.66. The Labute approximate surface area is 235 Å². The van der Waals surface area contributed by atoms with Crippen molar-refractivity contribution in [1.82, 2.24) is 14.9 Å². The Balaban J connectivity index is 1.41. The molecule has 3 N–H and O–H groups in total. The van der Waals surface area contributed by atoms with E-state index in [2.05, 4.69) is 33.2 Å². The number of anilines is 2. The molecule has 8 heteroatoms. The van der Waals surface area contributed by atoms with Crippen molar-refractivity contribution in [3.05, 3.63) is 75.7 Å². The second-order valence-corrected chi connectivity index (χ2v) is 11.7. The van der Waals surface area contributed by atoms with E-state index >= 15 is 0 Å². The normalized spacial score (nSPS) is 18.5. The van der Waals surface area contributed by atoms with Crippen molar-refractivity contribution >= 4 is 23.3 Å². The smallest absolute Gasteiger partial charge is 0.255 e. The van der Waals surface area contributed by atoms with Gasteiger partial charge in [-0.1, -0.05) is 31.4 Å². The molecule has 3 aliphatic rings. The van der Waals surface area contributed by atoms with Crippen LogP contribution in [0.5, 0.6) is 5.75 Å². The maximum absolute atomic E-state index is 14.1.